The van der Waals surface area contributed by atoms with Gasteiger partial charge >= 0.3 is 5.97 Å². The first-order valence-electron chi connectivity index (χ1n) is 5.71. The monoisotopic (exact) mass is 199 g/mol. The predicted octanol–water partition coefficient (Wildman–Crippen LogP) is 2.02. The molecule has 0 aromatic carbocycles. The molecule has 1 aliphatic carbocycles. The second-order valence-corrected chi connectivity index (χ2v) is 4.19. The van der Waals surface area contributed by atoms with Crippen molar-refractivity contribution in [2.75, 3.05) is 13.1 Å². The Morgan fingerprint density at radius 2 is 1.93 bits per heavy atom. The maximum absolute atomic E-state index is 10.2. The van der Waals surface area contributed by atoms with E-state index in [1.165, 1.54) is 25.7 Å². The molecule has 0 bridgehead atoms. The average molecular weight is 199 g/mol. The number of unbranched alkanes of at least 4 members (excludes halogenated alkanes) is 1. The quantitative estimate of drug-likeness (QED) is 0.558. The molecule has 0 spiro atoms. The summed E-state index contributed by atoms with van der Waals surface area (Å²) in [4.78, 5) is 10.2. The van der Waals surface area contributed by atoms with Gasteiger partial charge in [-0.25, -0.2) is 0 Å². The first-order chi connectivity index (χ1) is 6.79. The normalized spacial score (nSPS) is 15.7. The average Bonchev–Trinajstić information content (AvgIpc) is 2.92. The molecule has 1 aliphatic rings. The summed E-state index contributed by atoms with van der Waals surface area (Å²) in [6.07, 6.45) is 7.63. The van der Waals surface area contributed by atoms with E-state index in [0.717, 1.165) is 31.8 Å². The summed E-state index contributed by atoms with van der Waals surface area (Å²) in [5.41, 5.74) is 0. The van der Waals surface area contributed by atoms with Gasteiger partial charge in [-0.15, -0.1) is 0 Å². The van der Waals surface area contributed by atoms with Crippen molar-refractivity contribution in [3.8, 4) is 0 Å². The van der Waals surface area contributed by atoms with Crippen LogP contribution in [0.5, 0.6) is 0 Å². The van der Waals surface area contributed by atoms with Crippen LogP contribution in [0.25, 0.3) is 0 Å². The largest absolute Gasteiger partial charge is 0.481 e. The zero-order valence-electron chi connectivity index (χ0n) is 8.80. The van der Waals surface area contributed by atoms with Crippen LogP contribution in [0.3, 0.4) is 0 Å². The minimum Gasteiger partial charge on any atom is -0.481 e. The van der Waals surface area contributed by atoms with Crippen LogP contribution < -0.4 is 5.32 Å². The minimum atomic E-state index is -0.682. The van der Waals surface area contributed by atoms with Gasteiger partial charge in [0.15, 0.2) is 0 Å². The number of hydrogen-bond acceptors (Lipinski definition) is 2. The highest BCUT2D eigenvalue weighted by atomic mass is 16.4. The molecule has 0 radical (unpaired) electrons. The van der Waals surface area contributed by atoms with Crippen LogP contribution in [0.4, 0.5) is 0 Å². The molecule has 1 fully saturated rings. The summed E-state index contributed by atoms with van der Waals surface area (Å²) in [7, 11) is 0. The second-order valence-electron chi connectivity index (χ2n) is 4.19. The van der Waals surface area contributed by atoms with Crippen molar-refractivity contribution in [3.05, 3.63) is 0 Å². The topological polar surface area (TPSA) is 49.3 Å². The summed E-state index contributed by atoms with van der Waals surface area (Å²) in [5, 5.41) is 11.8. The molecular weight excluding hydrogens is 178 g/mol. The third-order valence-corrected chi connectivity index (χ3v) is 2.66. The number of carboxylic acid groups (broad SMARTS) is 1. The van der Waals surface area contributed by atoms with Gasteiger partial charge in [0.1, 0.15) is 0 Å². The van der Waals surface area contributed by atoms with E-state index in [1.54, 1.807) is 0 Å². The summed E-state index contributed by atoms with van der Waals surface area (Å²) < 4.78 is 0. The van der Waals surface area contributed by atoms with Crippen molar-refractivity contribution >= 4 is 5.97 Å². The first-order valence-corrected chi connectivity index (χ1v) is 5.71. The maximum atomic E-state index is 10.2. The van der Waals surface area contributed by atoms with E-state index in [4.69, 9.17) is 5.11 Å². The standard InChI is InChI=1S/C11H21NO2/c13-11(14)5-1-2-8-12-9-3-4-10-6-7-10/h10,12H,1-9H2,(H,13,14). The molecule has 82 valence electrons. The SMILES string of the molecule is O=C(O)CCCCNCCCC1CC1. The zero-order chi connectivity index (χ0) is 10.2. The molecule has 0 atom stereocenters. The van der Waals surface area contributed by atoms with E-state index in [0.29, 0.717) is 6.42 Å². The van der Waals surface area contributed by atoms with Crippen LogP contribution in [0.2, 0.25) is 0 Å². The van der Waals surface area contributed by atoms with Gasteiger partial charge in [0.25, 0.3) is 0 Å². The van der Waals surface area contributed by atoms with E-state index >= 15 is 0 Å². The highest BCUT2D eigenvalue weighted by molar-refractivity contribution is 5.66. The molecule has 3 nitrogen and oxygen atoms in total. The maximum Gasteiger partial charge on any atom is 0.303 e. The fraction of sp³-hybridized carbons (Fsp3) is 0.909. The molecule has 1 saturated carbocycles. The lowest BCUT2D eigenvalue weighted by Crippen LogP contribution is -2.17. The molecule has 0 saturated heterocycles. The van der Waals surface area contributed by atoms with E-state index in [1.807, 2.05) is 0 Å². The fourth-order valence-corrected chi connectivity index (χ4v) is 1.57. The van der Waals surface area contributed by atoms with Gasteiger partial charge in [-0.2, -0.15) is 0 Å². The van der Waals surface area contributed by atoms with Gasteiger partial charge < -0.3 is 10.4 Å². The van der Waals surface area contributed by atoms with Crippen LogP contribution in [0.1, 0.15) is 44.9 Å². The first kappa shape index (κ1) is 11.5. The molecule has 0 aromatic heterocycles. The van der Waals surface area contributed by atoms with Crippen LogP contribution in [-0.2, 0) is 4.79 Å². The lowest BCUT2D eigenvalue weighted by Gasteiger charge is -2.03. The third-order valence-electron chi connectivity index (χ3n) is 2.66. The Balaban J connectivity index is 1.68. The molecular formula is C11H21NO2. The Labute approximate surface area is 85.9 Å². The van der Waals surface area contributed by atoms with Crippen molar-refractivity contribution in [2.45, 2.75) is 44.9 Å². The minimum absolute atomic E-state index is 0.309. The molecule has 14 heavy (non-hydrogen) atoms. The Hall–Kier alpha value is -0.570. The molecule has 0 aliphatic heterocycles. The number of rotatable bonds is 9. The highest BCUT2D eigenvalue weighted by Gasteiger charge is 2.19. The Morgan fingerprint density at radius 1 is 1.21 bits per heavy atom. The lowest BCUT2D eigenvalue weighted by molar-refractivity contribution is -0.137. The van der Waals surface area contributed by atoms with E-state index in [-0.39, 0.29) is 0 Å². The highest BCUT2D eigenvalue weighted by Crippen LogP contribution is 2.33. The molecule has 0 amide bonds. The van der Waals surface area contributed by atoms with E-state index in [2.05, 4.69) is 5.32 Å². The molecule has 1 rings (SSSR count). The number of hydrogen-bond donors (Lipinski definition) is 2. The number of aliphatic carboxylic acids is 1. The number of carbonyl (C=O) groups is 1. The van der Waals surface area contributed by atoms with Crippen LogP contribution in [0.15, 0.2) is 0 Å². The van der Waals surface area contributed by atoms with Crippen molar-refractivity contribution in [1.29, 1.82) is 0 Å². The smallest absolute Gasteiger partial charge is 0.303 e. The van der Waals surface area contributed by atoms with E-state index < -0.39 is 5.97 Å². The van der Waals surface area contributed by atoms with Crippen molar-refractivity contribution in [2.24, 2.45) is 5.92 Å². The molecule has 0 heterocycles. The Kier molecular flexibility index (Phi) is 5.60. The summed E-state index contributed by atoms with van der Waals surface area (Å²) in [5.74, 6) is 0.350. The second kappa shape index (κ2) is 6.82. The van der Waals surface area contributed by atoms with Gasteiger partial charge in [-0.1, -0.05) is 12.8 Å². The molecule has 3 heteroatoms. The van der Waals surface area contributed by atoms with Crippen molar-refractivity contribution in [1.82, 2.24) is 5.32 Å². The van der Waals surface area contributed by atoms with E-state index in [9.17, 15) is 4.79 Å². The van der Waals surface area contributed by atoms with Gasteiger partial charge in [0, 0.05) is 6.42 Å². The van der Waals surface area contributed by atoms with Gasteiger partial charge in [0.05, 0.1) is 0 Å². The van der Waals surface area contributed by atoms with Gasteiger partial charge in [-0.05, 0) is 44.7 Å². The zero-order valence-corrected chi connectivity index (χ0v) is 8.80. The fourth-order valence-electron chi connectivity index (χ4n) is 1.57. The van der Waals surface area contributed by atoms with Crippen LogP contribution in [-0.4, -0.2) is 24.2 Å². The summed E-state index contributed by atoms with van der Waals surface area (Å²) >= 11 is 0. The summed E-state index contributed by atoms with van der Waals surface area (Å²) in [6, 6.07) is 0. The Morgan fingerprint density at radius 3 is 2.57 bits per heavy atom. The number of carboxylic acids is 1. The van der Waals surface area contributed by atoms with Gasteiger partial charge in [-0.3, -0.25) is 4.79 Å². The van der Waals surface area contributed by atoms with Gasteiger partial charge in [0.2, 0.25) is 0 Å². The molecule has 0 aromatic rings. The van der Waals surface area contributed by atoms with Crippen molar-refractivity contribution < 1.29 is 9.90 Å². The van der Waals surface area contributed by atoms with Crippen LogP contribution >= 0.6 is 0 Å². The summed E-state index contributed by atoms with van der Waals surface area (Å²) in [6.45, 7) is 2.07. The predicted molar refractivity (Wildman–Crippen MR) is 56.3 cm³/mol. The number of nitrogens with one attached hydrogen (secondary N) is 1. The van der Waals surface area contributed by atoms with Crippen molar-refractivity contribution in [3.63, 3.8) is 0 Å². The Bertz CT molecular complexity index is 167. The lowest BCUT2D eigenvalue weighted by atomic mass is 10.2. The molecule has 0 unspecified atom stereocenters. The molecule has 2 N–H and O–H groups in total. The third kappa shape index (κ3) is 6.89. The van der Waals surface area contributed by atoms with Crippen LogP contribution in [0, 0.1) is 5.92 Å².